The van der Waals surface area contributed by atoms with E-state index in [1.807, 2.05) is 0 Å². The maximum absolute atomic E-state index is 13.1. The zero-order chi connectivity index (χ0) is 21.9. The first-order chi connectivity index (χ1) is 14.2. The Hall–Kier alpha value is -2.04. The van der Waals surface area contributed by atoms with E-state index < -0.39 is 26.9 Å². The molecule has 1 saturated carbocycles. The number of nitrogens with zero attached hydrogens (tertiary/aromatic N) is 4. The van der Waals surface area contributed by atoms with Gasteiger partial charge < -0.3 is 4.74 Å². The average Bonchev–Trinajstić information content (AvgIpc) is 3.13. The van der Waals surface area contributed by atoms with Crippen molar-refractivity contribution in [3.8, 4) is 5.75 Å². The van der Waals surface area contributed by atoms with Crippen molar-refractivity contribution in [2.24, 2.45) is 5.92 Å². The molecule has 0 N–H and O–H groups in total. The molecule has 1 heterocycles. The summed E-state index contributed by atoms with van der Waals surface area (Å²) < 4.78 is 30.0. The Balaban J connectivity index is 1.95. The van der Waals surface area contributed by atoms with Crippen LogP contribution in [0.4, 0.5) is 0 Å². The second kappa shape index (κ2) is 9.40. The molecule has 0 aliphatic heterocycles. The fraction of sp³-hybridized carbons (Fsp3) is 0.500. The van der Waals surface area contributed by atoms with E-state index >= 15 is 0 Å². The van der Waals surface area contributed by atoms with Crippen molar-refractivity contribution in [3.63, 3.8) is 0 Å². The highest BCUT2D eigenvalue weighted by Crippen LogP contribution is 2.38. The number of ether oxygens (including phenoxy) is 1. The molecule has 30 heavy (non-hydrogen) atoms. The van der Waals surface area contributed by atoms with Crippen molar-refractivity contribution < 1.29 is 22.7 Å². The minimum Gasteiger partial charge on any atom is -0.489 e. The van der Waals surface area contributed by atoms with Gasteiger partial charge >= 0.3 is 0 Å². The van der Waals surface area contributed by atoms with E-state index in [4.69, 9.17) is 27.9 Å². The van der Waals surface area contributed by atoms with E-state index in [9.17, 15) is 18.0 Å². The summed E-state index contributed by atoms with van der Waals surface area (Å²) in [4.78, 5) is 26.7. The quantitative estimate of drug-likeness (QED) is 0.259. The van der Waals surface area contributed by atoms with Gasteiger partial charge in [-0.2, -0.15) is 4.80 Å². The van der Waals surface area contributed by atoms with Crippen LogP contribution in [0.25, 0.3) is 0 Å². The van der Waals surface area contributed by atoms with E-state index in [0.29, 0.717) is 12.8 Å². The summed E-state index contributed by atoms with van der Waals surface area (Å²) in [5.41, 5.74) is 0.00356. The number of aromatic nitrogens is 4. The minimum atomic E-state index is -3.70. The van der Waals surface area contributed by atoms with Gasteiger partial charge in [-0.1, -0.05) is 18.0 Å². The number of halogens is 2. The Morgan fingerprint density at radius 1 is 1.33 bits per heavy atom. The maximum Gasteiger partial charge on any atom is 0.179 e. The largest absolute Gasteiger partial charge is 0.489 e. The lowest BCUT2D eigenvalue weighted by molar-refractivity contribution is -0.121. The van der Waals surface area contributed by atoms with Gasteiger partial charge in [-0.3, -0.25) is 9.59 Å². The first-order valence-electron chi connectivity index (χ1n) is 9.27. The van der Waals surface area contributed by atoms with Gasteiger partial charge in [-0.15, -0.1) is 21.8 Å². The van der Waals surface area contributed by atoms with Crippen LogP contribution in [0.5, 0.6) is 5.75 Å². The topological polar surface area (TPSA) is 121 Å². The van der Waals surface area contributed by atoms with Gasteiger partial charge in [0, 0.05) is 18.2 Å². The third-order valence-corrected chi connectivity index (χ3v) is 6.77. The van der Waals surface area contributed by atoms with Crippen LogP contribution in [-0.4, -0.2) is 58.4 Å². The molecule has 0 bridgehead atoms. The van der Waals surface area contributed by atoms with Crippen LogP contribution >= 0.6 is 23.2 Å². The molecule has 0 saturated heterocycles. The standard InChI is InChI=1S/C18H20Cl2N4O5S/c1-30(27,28)14-7-6-11(17(26)15-12(19)4-2-3-5-13(15)25)16(20)18(14)29-9-8-24-22-10-21-23-24/h6-7,10,12,15H,2-5,8-9H2,1H3. The average molecular weight is 475 g/mol. The molecule has 0 spiro atoms. The van der Waals surface area contributed by atoms with Crippen molar-refractivity contribution in [2.75, 3.05) is 12.9 Å². The summed E-state index contributed by atoms with van der Waals surface area (Å²) >= 11 is 12.7. The molecule has 0 amide bonds. The van der Waals surface area contributed by atoms with E-state index in [0.717, 1.165) is 12.7 Å². The lowest BCUT2D eigenvalue weighted by atomic mass is 9.89. The minimum absolute atomic E-state index is 0.00356. The maximum atomic E-state index is 13.1. The fourth-order valence-electron chi connectivity index (χ4n) is 3.32. The SMILES string of the molecule is CS(=O)(=O)c1ccc(C(=O)C2C(=O)CCCCC2Cl)c(Cl)c1OCCn1ncnn1. The van der Waals surface area contributed by atoms with E-state index in [2.05, 4.69) is 15.4 Å². The molecule has 0 radical (unpaired) electrons. The molecule has 2 unspecified atom stereocenters. The fourth-order valence-corrected chi connectivity index (χ4v) is 4.91. The Morgan fingerprint density at radius 3 is 2.77 bits per heavy atom. The van der Waals surface area contributed by atoms with Crippen LogP contribution in [0.1, 0.15) is 36.0 Å². The first-order valence-corrected chi connectivity index (χ1v) is 12.0. The molecular weight excluding hydrogens is 455 g/mol. The number of hydrogen-bond donors (Lipinski definition) is 0. The summed E-state index contributed by atoms with van der Waals surface area (Å²) in [6, 6.07) is 2.55. The summed E-state index contributed by atoms with van der Waals surface area (Å²) in [6.07, 6.45) is 4.51. The monoisotopic (exact) mass is 474 g/mol. The van der Waals surface area contributed by atoms with Gasteiger partial charge in [-0.25, -0.2) is 8.42 Å². The molecule has 9 nitrogen and oxygen atoms in total. The normalized spacial score (nSPS) is 20.0. The predicted molar refractivity (Wildman–Crippen MR) is 109 cm³/mol. The van der Waals surface area contributed by atoms with Gasteiger partial charge in [0.25, 0.3) is 0 Å². The molecule has 2 atom stereocenters. The Kier molecular flexibility index (Phi) is 7.10. The lowest BCUT2D eigenvalue weighted by Gasteiger charge is -2.20. The highest BCUT2D eigenvalue weighted by atomic mass is 35.5. The smallest absolute Gasteiger partial charge is 0.179 e. The van der Waals surface area contributed by atoms with Crippen molar-refractivity contribution in [1.29, 1.82) is 0 Å². The van der Waals surface area contributed by atoms with Gasteiger partial charge in [-0.05, 0) is 30.2 Å². The number of benzene rings is 1. The Labute approximate surface area is 183 Å². The number of rotatable bonds is 7. The molecule has 1 aromatic carbocycles. The van der Waals surface area contributed by atoms with E-state index in [1.54, 1.807) is 0 Å². The van der Waals surface area contributed by atoms with Gasteiger partial charge in [0.1, 0.15) is 17.3 Å². The molecular formula is C18H20Cl2N4O5S. The molecule has 1 fully saturated rings. The highest BCUT2D eigenvalue weighted by Gasteiger charge is 2.37. The zero-order valence-corrected chi connectivity index (χ0v) is 18.5. The molecule has 3 rings (SSSR count). The third-order valence-electron chi connectivity index (χ3n) is 4.80. The van der Waals surface area contributed by atoms with Crippen LogP contribution in [0.15, 0.2) is 23.4 Å². The van der Waals surface area contributed by atoms with Crippen LogP contribution < -0.4 is 4.74 Å². The number of ketones is 2. The predicted octanol–water partition coefficient (Wildman–Crippen LogP) is 2.36. The van der Waals surface area contributed by atoms with Gasteiger partial charge in [0.15, 0.2) is 27.7 Å². The number of Topliss-reactive ketones (excluding diaryl/α,β-unsaturated/α-hetero) is 2. The third kappa shape index (κ3) is 4.98. The molecule has 162 valence electrons. The summed E-state index contributed by atoms with van der Waals surface area (Å²) in [5.74, 6) is -1.95. The van der Waals surface area contributed by atoms with Crippen LogP contribution in [0.2, 0.25) is 5.02 Å². The molecule has 1 aliphatic rings. The second-order valence-corrected chi connectivity index (χ2v) is 9.90. The highest BCUT2D eigenvalue weighted by molar-refractivity contribution is 7.90. The Bertz CT molecular complexity index is 1040. The second-order valence-electron chi connectivity index (χ2n) is 6.98. The van der Waals surface area contributed by atoms with Gasteiger partial charge in [0.05, 0.1) is 22.9 Å². The van der Waals surface area contributed by atoms with E-state index in [1.165, 1.54) is 23.3 Å². The number of hydrogen-bond acceptors (Lipinski definition) is 8. The van der Waals surface area contributed by atoms with Crippen molar-refractivity contribution in [2.45, 2.75) is 42.5 Å². The number of sulfone groups is 1. The molecule has 2 aromatic rings. The lowest BCUT2D eigenvalue weighted by Crippen LogP contribution is -2.31. The van der Waals surface area contributed by atoms with E-state index in [-0.39, 0.29) is 46.6 Å². The summed E-state index contributed by atoms with van der Waals surface area (Å²) in [6.45, 7) is 0.166. The summed E-state index contributed by atoms with van der Waals surface area (Å²) in [5, 5.41) is 10.3. The number of tetrazole rings is 1. The zero-order valence-electron chi connectivity index (χ0n) is 16.1. The number of carbonyl (C=O) groups excluding carboxylic acids is 2. The first kappa shape index (κ1) is 22.6. The molecule has 1 aromatic heterocycles. The van der Waals surface area contributed by atoms with Crippen molar-refractivity contribution in [3.05, 3.63) is 29.0 Å². The molecule has 1 aliphatic carbocycles. The van der Waals surface area contributed by atoms with Crippen molar-refractivity contribution in [1.82, 2.24) is 20.2 Å². The van der Waals surface area contributed by atoms with Crippen LogP contribution in [0, 0.1) is 5.92 Å². The van der Waals surface area contributed by atoms with Gasteiger partial charge in [0.2, 0.25) is 0 Å². The van der Waals surface area contributed by atoms with Crippen LogP contribution in [-0.2, 0) is 21.2 Å². The number of carbonyl (C=O) groups is 2. The number of alkyl halides is 1. The summed E-state index contributed by atoms with van der Waals surface area (Å²) in [7, 11) is -3.70. The van der Waals surface area contributed by atoms with Crippen LogP contribution in [0.3, 0.4) is 0 Å². The molecule has 12 heteroatoms. The van der Waals surface area contributed by atoms with Crippen molar-refractivity contribution >= 4 is 44.6 Å². The Morgan fingerprint density at radius 2 is 2.10 bits per heavy atom.